The summed E-state index contributed by atoms with van der Waals surface area (Å²) < 4.78 is 27.7. The first-order chi connectivity index (χ1) is 15.3. The number of amides is 4. The van der Waals surface area contributed by atoms with Crippen LogP contribution in [0.25, 0.3) is 0 Å². The molecule has 1 heterocycles. The molecule has 11 heteroatoms. The van der Waals surface area contributed by atoms with Gasteiger partial charge in [-0.3, -0.25) is 19.2 Å². The van der Waals surface area contributed by atoms with Crippen molar-refractivity contribution in [2.75, 3.05) is 29.0 Å². The molecule has 9 nitrogen and oxygen atoms in total. The smallest absolute Gasteiger partial charge is 0.324 e. The number of imide groups is 1. The normalized spacial score (nSPS) is 13.7. The van der Waals surface area contributed by atoms with Crippen LogP contribution in [0.5, 0.6) is 0 Å². The quantitative estimate of drug-likeness (QED) is 0.357. The molecule has 3 rings (SSSR count). The number of aryl methyl sites for hydroxylation is 1. The average molecular weight is 479 g/mol. The molecule has 0 bridgehead atoms. The number of hydrogen-bond donors (Lipinski definition) is 3. The molecule has 0 aliphatic carbocycles. The second-order valence-corrected chi connectivity index (χ2v) is 9.18. The third kappa shape index (κ3) is 6.21. The maximum Gasteiger partial charge on any atom is 0.324 e. The van der Waals surface area contributed by atoms with E-state index in [1.54, 1.807) is 36.4 Å². The number of nitrogens with one attached hydrogen (secondary N) is 3. The van der Waals surface area contributed by atoms with Crippen molar-refractivity contribution in [1.82, 2.24) is 10.2 Å². The lowest BCUT2D eigenvalue weighted by Gasteiger charge is -2.12. The van der Waals surface area contributed by atoms with E-state index < -0.39 is 16.1 Å². The summed E-state index contributed by atoms with van der Waals surface area (Å²) in [5.41, 5.74) is 1.81. The topological polar surface area (TPSA) is 125 Å². The molecule has 0 spiro atoms. The first-order valence-electron chi connectivity index (χ1n) is 9.94. The first kappa shape index (κ1) is 23.6. The molecule has 0 atom stereocenters. The molecule has 170 valence electrons. The number of carbonyl (C=O) groups is 3. The van der Waals surface area contributed by atoms with Gasteiger partial charge in [-0.05, 0) is 54.8 Å². The van der Waals surface area contributed by atoms with Gasteiger partial charge in [0.25, 0.3) is 10.0 Å². The molecule has 0 aromatic heterocycles. The molecular weight excluding hydrogens is 456 g/mol. The summed E-state index contributed by atoms with van der Waals surface area (Å²) in [6, 6.07) is 12.3. The zero-order valence-electron chi connectivity index (χ0n) is 17.1. The third-order valence-electron chi connectivity index (χ3n) is 4.75. The number of sulfonamides is 1. The SMILES string of the molecule is O=C(CCN1C(=O)CNC1=O)Nc1ccc(NS(=O)(=O)c2ccc(CCCCl)cc2)cc1. The second kappa shape index (κ2) is 10.5. The summed E-state index contributed by atoms with van der Waals surface area (Å²) in [7, 11) is -3.75. The highest BCUT2D eigenvalue weighted by molar-refractivity contribution is 7.92. The van der Waals surface area contributed by atoms with Gasteiger partial charge in [0, 0.05) is 30.2 Å². The summed E-state index contributed by atoms with van der Waals surface area (Å²) in [6.45, 7) is -0.0744. The fourth-order valence-electron chi connectivity index (χ4n) is 3.06. The van der Waals surface area contributed by atoms with Gasteiger partial charge in [0.15, 0.2) is 0 Å². The van der Waals surface area contributed by atoms with E-state index in [0.29, 0.717) is 17.3 Å². The monoisotopic (exact) mass is 478 g/mol. The third-order valence-corrected chi connectivity index (χ3v) is 6.42. The Labute approximate surface area is 191 Å². The van der Waals surface area contributed by atoms with Crippen LogP contribution in [0.15, 0.2) is 53.4 Å². The van der Waals surface area contributed by atoms with Crippen LogP contribution in [0.3, 0.4) is 0 Å². The Bertz CT molecular complexity index is 1070. The van der Waals surface area contributed by atoms with E-state index in [1.807, 2.05) is 0 Å². The minimum atomic E-state index is -3.75. The van der Waals surface area contributed by atoms with Gasteiger partial charge in [-0.15, -0.1) is 11.6 Å². The van der Waals surface area contributed by atoms with Crippen molar-refractivity contribution in [1.29, 1.82) is 0 Å². The lowest BCUT2D eigenvalue weighted by Crippen LogP contribution is -2.33. The molecule has 32 heavy (non-hydrogen) atoms. The summed E-state index contributed by atoms with van der Waals surface area (Å²) in [5.74, 6) is -0.197. The van der Waals surface area contributed by atoms with Crippen LogP contribution in [-0.4, -0.2) is 50.1 Å². The number of nitrogens with zero attached hydrogens (tertiary/aromatic N) is 1. The highest BCUT2D eigenvalue weighted by Gasteiger charge is 2.28. The van der Waals surface area contributed by atoms with Crippen LogP contribution >= 0.6 is 11.6 Å². The lowest BCUT2D eigenvalue weighted by atomic mass is 10.1. The summed E-state index contributed by atoms with van der Waals surface area (Å²) in [4.78, 5) is 36.2. The molecule has 0 saturated carbocycles. The number of alkyl halides is 1. The van der Waals surface area contributed by atoms with Gasteiger partial charge in [-0.1, -0.05) is 12.1 Å². The zero-order valence-corrected chi connectivity index (χ0v) is 18.7. The van der Waals surface area contributed by atoms with Crippen molar-refractivity contribution in [2.24, 2.45) is 0 Å². The van der Waals surface area contributed by atoms with Crippen LogP contribution in [0.1, 0.15) is 18.4 Å². The molecular formula is C21H23ClN4O5S. The fourth-order valence-corrected chi connectivity index (χ4v) is 4.25. The van der Waals surface area contributed by atoms with Gasteiger partial charge in [-0.2, -0.15) is 0 Å². The molecule has 1 fully saturated rings. The molecule has 2 aromatic rings. The predicted molar refractivity (Wildman–Crippen MR) is 121 cm³/mol. The maximum atomic E-state index is 12.6. The standard InChI is InChI=1S/C21H23ClN4O5S/c22-12-1-2-15-3-9-18(10-4-15)32(30,31)25-17-7-5-16(6-8-17)24-19(27)11-13-26-20(28)14-23-21(26)29/h3-10,25H,1-2,11-14H2,(H,23,29)(H,24,27). The van der Waals surface area contributed by atoms with Crippen LogP contribution in [0.2, 0.25) is 0 Å². The van der Waals surface area contributed by atoms with Crippen LogP contribution in [0.4, 0.5) is 16.2 Å². The van der Waals surface area contributed by atoms with E-state index in [4.69, 9.17) is 11.6 Å². The summed E-state index contributed by atoms with van der Waals surface area (Å²) in [5, 5.41) is 5.03. The van der Waals surface area contributed by atoms with Crippen molar-refractivity contribution in [2.45, 2.75) is 24.2 Å². The fraction of sp³-hybridized carbons (Fsp3) is 0.286. The zero-order chi connectivity index (χ0) is 23.1. The van der Waals surface area contributed by atoms with Gasteiger partial charge in [-0.25, -0.2) is 13.2 Å². The predicted octanol–water partition coefficient (Wildman–Crippen LogP) is 2.54. The summed E-state index contributed by atoms with van der Waals surface area (Å²) in [6.07, 6.45) is 1.56. The largest absolute Gasteiger partial charge is 0.329 e. The van der Waals surface area contributed by atoms with Gasteiger partial charge >= 0.3 is 6.03 Å². The van der Waals surface area contributed by atoms with E-state index in [1.165, 1.54) is 12.1 Å². The van der Waals surface area contributed by atoms with Crippen LogP contribution < -0.4 is 15.4 Å². The molecule has 3 N–H and O–H groups in total. The molecule has 1 aliphatic rings. The number of halogens is 1. The van der Waals surface area contributed by atoms with Crippen molar-refractivity contribution in [3.05, 3.63) is 54.1 Å². The Morgan fingerprint density at radius 2 is 1.69 bits per heavy atom. The first-order valence-corrected chi connectivity index (χ1v) is 12.0. The number of urea groups is 1. The minimum Gasteiger partial charge on any atom is -0.329 e. The minimum absolute atomic E-state index is 0.0148. The number of benzene rings is 2. The molecule has 0 radical (unpaired) electrons. The second-order valence-electron chi connectivity index (χ2n) is 7.12. The van der Waals surface area contributed by atoms with Gasteiger partial charge < -0.3 is 10.6 Å². The average Bonchev–Trinajstić information content (AvgIpc) is 3.09. The van der Waals surface area contributed by atoms with E-state index in [9.17, 15) is 22.8 Å². The molecule has 0 unspecified atom stereocenters. The van der Waals surface area contributed by atoms with E-state index in [-0.39, 0.29) is 36.2 Å². The van der Waals surface area contributed by atoms with E-state index in [2.05, 4.69) is 15.4 Å². The number of anilines is 2. The van der Waals surface area contributed by atoms with Crippen LogP contribution in [0, 0.1) is 0 Å². The number of carbonyl (C=O) groups excluding carboxylic acids is 3. The highest BCUT2D eigenvalue weighted by atomic mass is 35.5. The van der Waals surface area contributed by atoms with Crippen LogP contribution in [-0.2, 0) is 26.0 Å². The Morgan fingerprint density at radius 1 is 1.03 bits per heavy atom. The number of hydrogen-bond acceptors (Lipinski definition) is 5. The number of rotatable bonds is 10. The van der Waals surface area contributed by atoms with Crippen molar-refractivity contribution in [3.8, 4) is 0 Å². The molecule has 1 aliphatic heterocycles. The lowest BCUT2D eigenvalue weighted by molar-refractivity contribution is -0.125. The maximum absolute atomic E-state index is 12.6. The van der Waals surface area contributed by atoms with Crippen molar-refractivity contribution in [3.63, 3.8) is 0 Å². The van der Waals surface area contributed by atoms with Gasteiger partial charge in [0.2, 0.25) is 11.8 Å². The summed E-state index contributed by atoms with van der Waals surface area (Å²) >= 11 is 5.68. The van der Waals surface area contributed by atoms with Gasteiger partial charge in [0.05, 0.1) is 11.4 Å². The van der Waals surface area contributed by atoms with Crippen molar-refractivity contribution >= 4 is 50.8 Å². The molecule has 2 aromatic carbocycles. The van der Waals surface area contributed by atoms with E-state index >= 15 is 0 Å². The molecule has 4 amide bonds. The Hall–Kier alpha value is -3.11. The Kier molecular flexibility index (Phi) is 7.70. The molecule has 1 saturated heterocycles. The Balaban J connectivity index is 1.54. The van der Waals surface area contributed by atoms with Crippen molar-refractivity contribution < 1.29 is 22.8 Å². The van der Waals surface area contributed by atoms with E-state index in [0.717, 1.165) is 23.3 Å². The Morgan fingerprint density at radius 3 is 2.28 bits per heavy atom. The highest BCUT2D eigenvalue weighted by Crippen LogP contribution is 2.19. The van der Waals surface area contributed by atoms with Gasteiger partial charge in [0.1, 0.15) is 0 Å².